The van der Waals surface area contributed by atoms with E-state index in [1.807, 2.05) is 43.3 Å². The quantitative estimate of drug-likeness (QED) is 0.561. The van der Waals surface area contributed by atoms with E-state index < -0.39 is 0 Å². The van der Waals surface area contributed by atoms with Crippen molar-refractivity contribution in [3.8, 4) is 11.4 Å². The van der Waals surface area contributed by atoms with Crippen LogP contribution in [-0.4, -0.2) is 45.1 Å². The standard InChI is InChI=1S/C17H14BN7O/c1-10-22-23-24-25(10)14-6-13(7-15(8-14)26-2)20-17-19-9-11-5-12(18)3-4-16(11)21-17/h3-9H,1-2H3,(H,19,20,21). The molecule has 0 unspecified atom stereocenters. The molecule has 0 aliphatic heterocycles. The number of hydrogen-bond donors (Lipinski definition) is 1. The van der Waals surface area contributed by atoms with E-state index in [1.54, 1.807) is 18.0 Å². The second-order valence-electron chi connectivity index (χ2n) is 5.69. The molecule has 26 heavy (non-hydrogen) atoms. The number of aromatic nitrogens is 6. The molecule has 0 aliphatic rings. The minimum atomic E-state index is 0.468. The summed E-state index contributed by atoms with van der Waals surface area (Å²) in [6.07, 6.45) is 1.73. The number of aryl methyl sites for hydroxylation is 1. The first-order valence-corrected chi connectivity index (χ1v) is 7.86. The Morgan fingerprint density at radius 3 is 2.81 bits per heavy atom. The minimum absolute atomic E-state index is 0.468. The van der Waals surface area contributed by atoms with E-state index in [9.17, 15) is 0 Å². The lowest BCUT2D eigenvalue weighted by Gasteiger charge is -2.11. The molecule has 0 saturated carbocycles. The normalized spacial score (nSPS) is 10.8. The Morgan fingerprint density at radius 1 is 1.15 bits per heavy atom. The molecule has 4 aromatic rings. The van der Waals surface area contributed by atoms with Crippen molar-refractivity contribution in [1.29, 1.82) is 0 Å². The van der Waals surface area contributed by atoms with Gasteiger partial charge in [-0.2, -0.15) is 4.68 Å². The molecule has 0 saturated heterocycles. The van der Waals surface area contributed by atoms with Gasteiger partial charge in [0, 0.05) is 29.4 Å². The monoisotopic (exact) mass is 343 g/mol. The predicted molar refractivity (Wildman–Crippen MR) is 98.7 cm³/mol. The van der Waals surface area contributed by atoms with Crippen LogP contribution in [0.5, 0.6) is 5.75 Å². The largest absolute Gasteiger partial charge is 0.497 e. The van der Waals surface area contributed by atoms with E-state index in [-0.39, 0.29) is 0 Å². The maximum Gasteiger partial charge on any atom is 0.227 e. The zero-order chi connectivity index (χ0) is 18.1. The van der Waals surface area contributed by atoms with Crippen LogP contribution in [0, 0.1) is 6.92 Å². The fraction of sp³-hybridized carbons (Fsp3) is 0.118. The van der Waals surface area contributed by atoms with Crippen molar-refractivity contribution in [2.24, 2.45) is 0 Å². The Balaban J connectivity index is 1.71. The van der Waals surface area contributed by atoms with Gasteiger partial charge in [-0.25, -0.2) is 9.97 Å². The molecular formula is C17H14BN7O. The summed E-state index contributed by atoms with van der Waals surface area (Å²) >= 11 is 0. The van der Waals surface area contributed by atoms with Gasteiger partial charge in [0.1, 0.15) is 13.6 Å². The maximum absolute atomic E-state index is 5.79. The van der Waals surface area contributed by atoms with Gasteiger partial charge in [-0.15, -0.1) is 5.10 Å². The van der Waals surface area contributed by atoms with Crippen molar-refractivity contribution in [3.63, 3.8) is 0 Å². The lowest BCUT2D eigenvalue weighted by Crippen LogP contribution is -2.04. The van der Waals surface area contributed by atoms with E-state index in [0.29, 0.717) is 23.0 Å². The molecule has 0 atom stereocenters. The van der Waals surface area contributed by atoms with Crippen molar-refractivity contribution in [1.82, 2.24) is 30.2 Å². The molecule has 2 heterocycles. The van der Waals surface area contributed by atoms with Crippen LogP contribution < -0.4 is 15.5 Å². The second-order valence-corrected chi connectivity index (χ2v) is 5.69. The molecule has 0 bridgehead atoms. The van der Waals surface area contributed by atoms with E-state index in [4.69, 9.17) is 12.6 Å². The van der Waals surface area contributed by atoms with Crippen LogP contribution in [0.2, 0.25) is 0 Å². The Bertz CT molecular complexity index is 1100. The average Bonchev–Trinajstić information content (AvgIpc) is 3.07. The van der Waals surface area contributed by atoms with Crippen molar-refractivity contribution in [2.75, 3.05) is 12.4 Å². The van der Waals surface area contributed by atoms with Gasteiger partial charge in [0.25, 0.3) is 0 Å². The molecule has 2 radical (unpaired) electrons. The third-order valence-corrected chi connectivity index (χ3v) is 3.86. The Kier molecular flexibility index (Phi) is 3.96. The van der Waals surface area contributed by atoms with Gasteiger partial charge >= 0.3 is 0 Å². The molecule has 2 aromatic carbocycles. The van der Waals surface area contributed by atoms with Crippen LogP contribution in [0.4, 0.5) is 11.6 Å². The zero-order valence-corrected chi connectivity index (χ0v) is 14.2. The Labute approximate surface area is 150 Å². The summed E-state index contributed by atoms with van der Waals surface area (Å²) in [5, 5.41) is 15.6. The number of nitrogens with one attached hydrogen (secondary N) is 1. The van der Waals surface area contributed by atoms with E-state index in [0.717, 1.165) is 22.3 Å². The molecule has 126 valence electrons. The third-order valence-electron chi connectivity index (χ3n) is 3.86. The highest BCUT2D eigenvalue weighted by Gasteiger charge is 2.09. The van der Waals surface area contributed by atoms with Gasteiger partial charge in [0.2, 0.25) is 5.95 Å². The molecular weight excluding hydrogens is 329 g/mol. The third kappa shape index (κ3) is 3.06. The van der Waals surface area contributed by atoms with Crippen LogP contribution in [0.15, 0.2) is 42.6 Å². The predicted octanol–water partition coefficient (Wildman–Crippen LogP) is 1.46. The number of benzene rings is 2. The summed E-state index contributed by atoms with van der Waals surface area (Å²) in [6, 6.07) is 11.1. The summed E-state index contributed by atoms with van der Waals surface area (Å²) in [5.74, 6) is 1.80. The zero-order valence-electron chi connectivity index (χ0n) is 14.2. The van der Waals surface area contributed by atoms with E-state index in [2.05, 4.69) is 30.8 Å². The van der Waals surface area contributed by atoms with Crippen molar-refractivity contribution in [3.05, 3.63) is 48.4 Å². The smallest absolute Gasteiger partial charge is 0.227 e. The summed E-state index contributed by atoms with van der Waals surface area (Å²) in [4.78, 5) is 8.85. The molecule has 0 spiro atoms. The number of anilines is 2. The first-order valence-electron chi connectivity index (χ1n) is 7.86. The van der Waals surface area contributed by atoms with Gasteiger partial charge in [0.05, 0.1) is 18.3 Å². The molecule has 1 N–H and O–H groups in total. The van der Waals surface area contributed by atoms with Crippen LogP contribution in [0.3, 0.4) is 0 Å². The number of nitrogens with zero attached hydrogens (tertiary/aromatic N) is 6. The minimum Gasteiger partial charge on any atom is -0.497 e. The molecule has 0 aliphatic carbocycles. The van der Waals surface area contributed by atoms with Gasteiger partial charge in [-0.1, -0.05) is 17.6 Å². The second kappa shape index (κ2) is 6.43. The molecule has 0 amide bonds. The number of tetrazole rings is 1. The molecule has 0 fully saturated rings. The number of hydrogen-bond acceptors (Lipinski definition) is 7. The summed E-state index contributed by atoms with van der Waals surface area (Å²) in [6.45, 7) is 1.82. The van der Waals surface area contributed by atoms with Crippen molar-refractivity contribution < 1.29 is 4.74 Å². The summed E-state index contributed by atoms with van der Waals surface area (Å²) < 4.78 is 7.00. The van der Waals surface area contributed by atoms with Crippen molar-refractivity contribution in [2.45, 2.75) is 6.92 Å². The molecule has 4 rings (SSSR count). The average molecular weight is 343 g/mol. The fourth-order valence-electron chi connectivity index (χ4n) is 2.61. The maximum atomic E-state index is 5.79. The number of ether oxygens (including phenoxy) is 1. The lowest BCUT2D eigenvalue weighted by atomic mass is 9.95. The highest BCUT2D eigenvalue weighted by molar-refractivity contribution is 6.33. The molecule has 2 aromatic heterocycles. The molecule has 8 nitrogen and oxygen atoms in total. The van der Waals surface area contributed by atoms with Crippen LogP contribution >= 0.6 is 0 Å². The number of rotatable bonds is 4. The van der Waals surface area contributed by atoms with Gasteiger partial charge in [0.15, 0.2) is 5.82 Å². The van der Waals surface area contributed by atoms with Gasteiger partial charge in [-0.3, -0.25) is 0 Å². The summed E-state index contributed by atoms with van der Waals surface area (Å²) in [5.41, 5.74) is 3.00. The van der Waals surface area contributed by atoms with Crippen molar-refractivity contribution >= 4 is 35.8 Å². The topological polar surface area (TPSA) is 90.6 Å². The number of methoxy groups -OCH3 is 1. The number of fused-ring (bicyclic) bond motifs is 1. The summed E-state index contributed by atoms with van der Waals surface area (Å²) in [7, 11) is 7.39. The van der Waals surface area contributed by atoms with E-state index >= 15 is 0 Å². The lowest BCUT2D eigenvalue weighted by molar-refractivity contribution is 0.414. The first kappa shape index (κ1) is 16.0. The molecule has 9 heteroatoms. The van der Waals surface area contributed by atoms with Crippen LogP contribution in [0.1, 0.15) is 5.82 Å². The highest BCUT2D eigenvalue weighted by atomic mass is 16.5. The SMILES string of the molecule is [B]c1ccc2nc(Nc3cc(OC)cc(-n4nnnc4C)c3)ncc2c1. The Morgan fingerprint density at radius 2 is 2.04 bits per heavy atom. The Hall–Kier alpha value is -3.49. The van der Waals surface area contributed by atoms with E-state index in [1.165, 1.54) is 0 Å². The first-order chi connectivity index (χ1) is 12.6. The fourth-order valence-corrected chi connectivity index (χ4v) is 2.61. The van der Waals surface area contributed by atoms with Crippen LogP contribution in [0.25, 0.3) is 16.6 Å². The van der Waals surface area contributed by atoms with Gasteiger partial charge < -0.3 is 10.1 Å². The highest BCUT2D eigenvalue weighted by Crippen LogP contribution is 2.25. The van der Waals surface area contributed by atoms with Gasteiger partial charge in [-0.05, 0) is 29.5 Å². The van der Waals surface area contributed by atoms with Crippen LogP contribution in [-0.2, 0) is 0 Å².